The van der Waals surface area contributed by atoms with Crippen LogP contribution in [0.3, 0.4) is 0 Å². The summed E-state index contributed by atoms with van der Waals surface area (Å²) in [5.74, 6) is 0. The number of likely N-dealkylation sites (N-methyl/N-ethyl adjacent to an activating group) is 1. The van der Waals surface area contributed by atoms with E-state index in [-0.39, 0.29) is 0 Å². The van der Waals surface area contributed by atoms with Crippen LogP contribution < -0.4 is 0 Å². The van der Waals surface area contributed by atoms with Crippen LogP contribution in [0.1, 0.15) is 12.0 Å². The summed E-state index contributed by atoms with van der Waals surface area (Å²) < 4.78 is 1.85. The van der Waals surface area contributed by atoms with Gasteiger partial charge in [0.15, 0.2) is 5.65 Å². The number of aromatic nitrogens is 3. The Morgan fingerprint density at radius 2 is 2.00 bits per heavy atom. The molecule has 1 aliphatic rings. The summed E-state index contributed by atoms with van der Waals surface area (Å²) in [4.78, 5) is 8.98. The van der Waals surface area contributed by atoms with Crippen LogP contribution in [0.2, 0.25) is 0 Å². The largest absolute Gasteiger partial charge is 0.387 e. The van der Waals surface area contributed by atoms with E-state index in [1.54, 1.807) is 0 Å². The van der Waals surface area contributed by atoms with Gasteiger partial charge < -0.3 is 10.0 Å². The summed E-state index contributed by atoms with van der Waals surface area (Å²) in [6.07, 6.45) is 6.64. The molecule has 0 radical (unpaired) electrons. The molecule has 4 rings (SSSR count). The van der Waals surface area contributed by atoms with Crippen molar-refractivity contribution < 1.29 is 5.11 Å². The predicted octanol–water partition coefficient (Wildman–Crippen LogP) is 1.89. The Morgan fingerprint density at radius 1 is 1.19 bits per heavy atom. The molecule has 2 aromatic heterocycles. The van der Waals surface area contributed by atoms with Gasteiger partial charge in [0, 0.05) is 49.7 Å². The number of β-amino-alcohol motifs (C(OH)–C–C–N with tert-alkyl or cyclic N) is 1. The van der Waals surface area contributed by atoms with E-state index in [1.807, 2.05) is 60.3 Å². The van der Waals surface area contributed by atoms with Crippen LogP contribution in [-0.2, 0) is 6.54 Å². The molecule has 26 heavy (non-hydrogen) atoms. The van der Waals surface area contributed by atoms with Crippen LogP contribution >= 0.6 is 0 Å². The molecule has 0 aliphatic carbocycles. The lowest BCUT2D eigenvalue weighted by molar-refractivity contribution is 0.0240. The van der Waals surface area contributed by atoms with E-state index in [2.05, 4.69) is 27.1 Å². The molecule has 0 unspecified atom stereocenters. The van der Waals surface area contributed by atoms with Crippen molar-refractivity contribution in [2.75, 3.05) is 33.7 Å². The van der Waals surface area contributed by atoms with Crippen LogP contribution in [0, 0.1) is 0 Å². The fraction of sp³-hybridized carbons (Fsp3) is 0.400. The van der Waals surface area contributed by atoms with Crippen LogP contribution in [0.5, 0.6) is 0 Å². The monoisotopic (exact) mass is 351 g/mol. The summed E-state index contributed by atoms with van der Waals surface area (Å²) in [5, 5.41) is 15.2. The highest BCUT2D eigenvalue weighted by Gasteiger charge is 2.36. The van der Waals surface area contributed by atoms with Crippen molar-refractivity contribution >= 4 is 5.65 Å². The highest BCUT2D eigenvalue weighted by Crippen LogP contribution is 2.25. The maximum atomic E-state index is 10.7. The third-order valence-corrected chi connectivity index (χ3v) is 4.92. The highest BCUT2D eigenvalue weighted by molar-refractivity contribution is 5.76. The minimum atomic E-state index is -0.618. The molecule has 1 aliphatic heterocycles. The third-order valence-electron chi connectivity index (χ3n) is 4.92. The minimum absolute atomic E-state index is 0.618. The normalized spacial score (nSPS) is 21.1. The molecular weight excluding hydrogens is 326 g/mol. The van der Waals surface area contributed by atoms with E-state index in [9.17, 15) is 5.11 Å². The predicted molar refractivity (Wildman–Crippen MR) is 102 cm³/mol. The molecule has 1 saturated heterocycles. The number of benzene rings is 1. The van der Waals surface area contributed by atoms with Crippen molar-refractivity contribution in [3.8, 4) is 11.1 Å². The SMILES string of the molecule is CN(C)C[C@@]1(O)CCN(Cc2cnc3c(-c4ccccc4)cnn3c2)C1. The van der Waals surface area contributed by atoms with E-state index >= 15 is 0 Å². The summed E-state index contributed by atoms with van der Waals surface area (Å²) in [6, 6.07) is 10.2. The Balaban J connectivity index is 1.51. The van der Waals surface area contributed by atoms with Gasteiger partial charge in [-0.25, -0.2) is 9.50 Å². The molecular formula is C20H25N5O. The first-order chi connectivity index (χ1) is 12.5. The Kier molecular flexibility index (Phi) is 4.48. The van der Waals surface area contributed by atoms with Gasteiger partial charge >= 0.3 is 0 Å². The van der Waals surface area contributed by atoms with E-state index in [0.29, 0.717) is 13.1 Å². The van der Waals surface area contributed by atoms with Gasteiger partial charge in [0.1, 0.15) is 0 Å². The van der Waals surface area contributed by atoms with Crippen molar-refractivity contribution in [1.29, 1.82) is 0 Å². The molecule has 3 heterocycles. The summed E-state index contributed by atoms with van der Waals surface area (Å²) in [7, 11) is 4.00. The smallest absolute Gasteiger partial charge is 0.162 e. The van der Waals surface area contributed by atoms with Gasteiger partial charge in [-0.05, 0) is 26.1 Å². The van der Waals surface area contributed by atoms with Gasteiger partial charge in [0.2, 0.25) is 0 Å². The zero-order valence-corrected chi connectivity index (χ0v) is 15.3. The Hall–Kier alpha value is -2.28. The summed E-state index contributed by atoms with van der Waals surface area (Å²) in [6.45, 7) is 3.06. The molecule has 1 atom stereocenters. The molecule has 0 amide bonds. The highest BCUT2D eigenvalue weighted by atomic mass is 16.3. The van der Waals surface area contributed by atoms with Gasteiger partial charge in [-0.1, -0.05) is 30.3 Å². The van der Waals surface area contributed by atoms with Gasteiger partial charge in [0.25, 0.3) is 0 Å². The first-order valence-corrected chi connectivity index (χ1v) is 9.00. The Bertz CT molecular complexity index is 892. The van der Waals surface area contributed by atoms with Crippen LogP contribution in [-0.4, -0.2) is 68.8 Å². The number of likely N-dealkylation sites (tertiary alicyclic amines) is 1. The number of hydrogen-bond acceptors (Lipinski definition) is 5. The quantitative estimate of drug-likeness (QED) is 0.761. The van der Waals surface area contributed by atoms with Gasteiger partial charge in [-0.3, -0.25) is 4.90 Å². The van der Waals surface area contributed by atoms with Crippen LogP contribution in [0.4, 0.5) is 0 Å². The number of nitrogens with zero attached hydrogens (tertiary/aromatic N) is 5. The van der Waals surface area contributed by atoms with Gasteiger partial charge in [-0.2, -0.15) is 5.10 Å². The van der Waals surface area contributed by atoms with E-state index < -0.39 is 5.60 Å². The van der Waals surface area contributed by atoms with Crippen LogP contribution in [0.15, 0.2) is 48.9 Å². The van der Waals surface area contributed by atoms with Crippen molar-refractivity contribution in [2.24, 2.45) is 0 Å². The molecule has 1 fully saturated rings. The van der Waals surface area contributed by atoms with E-state index in [1.165, 1.54) is 0 Å². The molecule has 6 heteroatoms. The number of hydrogen-bond donors (Lipinski definition) is 1. The zero-order valence-electron chi connectivity index (χ0n) is 15.3. The Labute approximate surface area is 153 Å². The lowest BCUT2D eigenvalue weighted by atomic mass is 10.0. The summed E-state index contributed by atoms with van der Waals surface area (Å²) >= 11 is 0. The second-order valence-electron chi connectivity index (χ2n) is 7.58. The molecule has 0 saturated carbocycles. The van der Waals surface area contributed by atoms with Gasteiger partial charge in [0.05, 0.1) is 11.8 Å². The average Bonchev–Trinajstić information content (AvgIpc) is 3.18. The third kappa shape index (κ3) is 3.49. The molecule has 136 valence electrons. The topological polar surface area (TPSA) is 56.9 Å². The molecule has 3 aromatic rings. The Morgan fingerprint density at radius 3 is 2.77 bits per heavy atom. The number of rotatable bonds is 5. The standard InChI is InChI=1S/C20H25N5O/c1-23(2)14-20(26)8-9-24(15-20)12-16-10-21-19-18(11-22-25(19)13-16)17-6-4-3-5-7-17/h3-7,10-11,13,26H,8-9,12,14-15H2,1-2H3/t20-/m0/s1. The van der Waals surface area contributed by atoms with E-state index in [4.69, 9.17) is 0 Å². The maximum absolute atomic E-state index is 10.7. The lowest BCUT2D eigenvalue weighted by Crippen LogP contribution is -2.42. The zero-order chi connectivity index (χ0) is 18.1. The van der Waals surface area contributed by atoms with Crippen molar-refractivity contribution in [1.82, 2.24) is 24.4 Å². The van der Waals surface area contributed by atoms with Crippen LogP contribution in [0.25, 0.3) is 16.8 Å². The first-order valence-electron chi connectivity index (χ1n) is 9.00. The number of aliphatic hydroxyl groups is 1. The fourth-order valence-electron chi connectivity index (χ4n) is 3.87. The van der Waals surface area contributed by atoms with Crippen molar-refractivity contribution in [3.63, 3.8) is 0 Å². The minimum Gasteiger partial charge on any atom is -0.387 e. The second kappa shape index (κ2) is 6.79. The molecule has 6 nitrogen and oxygen atoms in total. The lowest BCUT2D eigenvalue weighted by Gasteiger charge is -2.26. The van der Waals surface area contributed by atoms with Gasteiger partial charge in [-0.15, -0.1) is 0 Å². The molecule has 0 bridgehead atoms. The maximum Gasteiger partial charge on any atom is 0.162 e. The van der Waals surface area contributed by atoms with Crippen molar-refractivity contribution in [2.45, 2.75) is 18.6 Å². The summed E-state index contributed by atoms with van der Waals surface area (Å²) in [5.41, 5.74) is 3.52. The first kappa shape index (κ1) is 17.1. The molecule has 1 N–H and O–H groups in total. The fourth-order valence-corrected chi connectivity index (χ4v) is 3.87. The molecule has 1 aromatic carbocycles. The molecule has 0 spiro atoms. The second-order valence-corrected chi connectivity index (χ2v) is 7.58. The number of fused-ring (bicyclic) bond motifs is 1. The average molecular weight is 351 g/mol. The van der Waals surface area contributed by atoms with E-state index in [0.717, 1.165) is 41.8 Å². The van der Waals surface area contributed by atoms with Crippen molar-refractivity contribution in [3.05, 3.63) is 54.5 Å².